The molecule has 4 rings (SSSR count). The molecule has 0 radical (unpaired) electrons. The van der Waals surface area contributed by atoms with Crippen LogP contribution >= 0.6 is 0 Å². The number of rotatable bonds is 4. The molecule has 4 N–H and O–H groups in total. The lowest BCUT2D eigenvalue weighted by Crippen LogP contribution is -2.67. The summed E-state index contributed by atoms with van der Waals surface area (Å²) in [5, 5.41) is 5.83. The first-order chi connectivity index (χ1) is 15.4. The number of nitrogens with one attached hydrogen (secondary N) is 2. The molecule has 0 spiro atoms. The van der Waals surface area contributed by atoms with Crippen LogP contribution in [0.5, 0.6) is 0 Å². The van der Waals surface area contributed by atoms with Crippen LogP contribution in [0.25, 0.3) is 0 Å². The monoisotopic (exact) mass is 476 g/mol. The number of hydrogen-bond donors (Lipinski definition) is 3. The molecule has 3 aliphatic rings. The molecule has 2 saturated carbocycles. The minimum Gasteiger partial charge on any atom is -0.319 e. The van der Waals surface area contributed by atoms with Crippen LogP contribution in [-0.4, -0.2) is 40.5 Å². The number of hydrogen-bond acceptors (Lipinski definition) is 4. The molecule has 0 amide bonds. The molecular weight excluding hydrogens is 450 g/mol. The average Bonchev–Trinajstić information content (AvgIpc) is 2.75. The maximum absolute atomic E-state index is 13.7. The molecule has 2 fully saturated rings. The van der Waals surface area contributed by atoms with Crippen molar-refractivity contribution in [3.05, 3.63) is 29.6 Å². The zero-order valence-corrected chi connectivity index (χ0v) is 17.8. The number of halogens is 6. The van der Waals surface area contributed by atoms with Crippen molar-refractivity contribution in [2.75, 3.05) is 0 Å². The Balaban J connectivity index is 1.64. The third kappa shape index (κ3) is 5.59. The van der Waals surface area contributed by atoms with Crippen molar-refractivity contribution in [3.63, 3.8) is 0 Å². The van der Waals surface area contributed by atoms with Crippen molar-refractivity contribution in [1.82, 2.24) is 15.6 Å². The molecule has 6 nitrogen and oxygen atoms in total. The van der Waals surface area contributed by atoms with Gasteiger partial charge in [-0.1, -0.05) is 6.07 Å². The number of amidine groups is 1. The lowest BCUT2D eigenvalue weighted by atomic mass is 9.82. The van der Waals surface area contributed by atoms with Gasteiger partial charge in [-0.05, 0) is 37.8 Å². The first kappa shape index (κ1) is 23.8. The Labute approximate surface area is 187 Å². The number of guanidine groups is 1. The van der Waals surface area contributed by atoms with E-state index in [9.17, 15) is 26.3 Å². The normalized spacial score (nSPS) is 29.5. The Morgan fingerprint density at radius 1 is 0.970 bits per heavy atom. The first-order valence-electron chi connectivity index (χ1n) is 11.0. The highest BCUT2D eigenvalue weighted by Crippen LogP contribution is 2.40. The number of aromatic nitrogens is 1. The van der Waals surface area contributed by atoms with Crippen molar-refractivity contribution in [2.24, 2.45) is 21.6 Å². The maximum Gasteiger partial charge on any atom is 0.280 e. The van der Waals surface area contributed by atoms with Gasteiger partial charge in [0.2, 0.25) is 11.8 Å². The Kier molecular flexibility index (Phi) is 6.32. The summed E-state index contributed by atoms with van der Waals surface area (Å²) in [6.07, 6.45) is -3.55. The molecule has 1 aliphatic heterocycles. The molecule has 0 saturated heterocycles. The number of aliphatic imine (C=N–C) groups is 2. The van der Waals surface area contributed by atoms with E-state index in [1.165, 1.54) is 18.2 Å². The van der Waals surface area contributed by atoms with Gasteiger partial charge < -0.3 is 10.6 Å². The Morgan fingerprint density at radius 3 is 2.18 bits per heavy atom. The molecular formula is C21H26F6N6. The summed E-state index contributed by atoms with van der Waals surface area (Å²) in [5.74, 6) is -7.30. The second kappa shape index (κ2) is 8.77. The lowest BCUT2D eigenvalue weighted by Gasteiger charge is -2.42. The van der Waals surface area contributed by atoms with E-state index < -0.39 is 41.7 Å². The van der Waals surface area contributed by atoms with Gasteiger partial charge in [0.25, 0.3) is 6.43 Å². The van der Waals surface area contributed by atoms with Crippen LogP contribution in [-0.2, 0) is 0 Å². The van der Waals surface area contributed by atoms with Gasteiger partial charge in [0.1, 0.15) is 11.4 Å². The van der Waals surface area contributed by atoms with E-state index in [-0.39, 0.29) is 68.9 Å². The van der Waals surface area contributed by atoms with Crippen LogP contribution < -0.4 is 16.4 Å². The highest BCUT2D eigenvalue weighted by Gasteiger charge is 2.46. The fraction of sp³-hybridized carbons (Fsp3) is 0.667. The zero-order valence-electron chi connectivity index (χ0n) is 17.8. The fourth-order valence-corrected chi connectivity index (χ4v) is 4.47. The number of pyridine rings is 1. The highest BCUT2D eigenvalue weighted by atomic mass is 19.3. The molecule has 2 aliphatic carbocycles. The Bertz CT molecular complexity index is 916. The van der Waals surface area contributed by atoms with Crippen LogP contribution in [0.4, 0.5) is 26.3 Å². The number of nitrogens with two attached hydrogens (primary N) is 1. The minimum absolute atomic E-state index is 0.0657. The van der Waals surface area contributed by atoms with E-state index in [1.807, 2.05) is 0 Å². The summed E-state index contributed by atoms with van der Waals surface area (Å²) in [6, 6.07) is 3.64. The first-order valence-corrected chi connectivity index (χ1v) is 11.0. The molecule has 2 heterocycles. The number of nitrogens with zero attached hydrogens (tertiary/aromatic N) is 3. The molecule has 1 unspecified atom stereocenters. The van der Waals surface area contributed by atoms with Gasteiger partial charge >= 0.3 is 0 Å². The third-order valence-electron chi connectivity index (χ3n) is 6.43. The van der Waals surface area contributed by atoms with Gasteiger partial charge in [0.05, 0.1) is 6.04 Å². The smallest absolute Gasteiger partial charge is 0.280 e. The van der Waals surface area contributed by atoms with Crippen molar-refractivity contribution in [3.8, 4) is 0 Å². The molecule has 0 aromatic carbocycles. The fourth-order valence-electron chi connectivity index (χ4n) is 4.47. The van der Waals surface area contributed by atoms with Gasteiger partial charge in [0, 0.05) is 31.6 Å². The second-order valence-corrected chi connectivity index (χ2v) is 8.98. The predicted molar refractivity (Wildman–Crippen MR) is 110 cm³/mol. The summed E-state index contributed by atoms with van der Waals surface area (Å²) in [4.78, 5) is 12.9. The Hall–Kier alpha value is -2.37. The molecule has 182 valence electrons. The van der Waals surface area contributed by atoms with Gasteiger partial charge in [-0.2, -0.15) is 0 Å². The largest absolute Gasteiger partial charge is 0.319 e. The maximum atomic E-state index is 13.7. The average molecular weight is 476 g/mol. The van der Waals surface area contributed by atoms with Crippen LogP contribution in [0.3, 0.4) is 0 Å². The summed E-state index contributed by atoms with van der Waals surface area (Å²) >= 11 is 0. The minimum atomic E-state index is -2.80. The molecule has 1 aromatic rings. The second-order valence-electron chi connectivity index (χ2n) is 8.98. The van der Waals surface area contributed by atoms with E-state index in [0.29, 0.717) is 0 Å². The van der Waals surface area contributed by atoms with Crippen LogP contribution in [0.1, 0.15) is 69.2 Å². The standard InChI is InChI=1S/C21H26F6N6/c22-16(23)14-2-1-3-15(30-14)17-31-18(29-13-6-10-20(26,27)11-7-13)33-21(28,32-17)12-4-8-19(24,25)9-5-12/h1-3,12-13,16H,4-11,28H2,(H2,29,31,32,33). The van der Waals surface area contributed by atoms with Crippen LogP contribution in [0.15, 0.2) is 28.2 Å². The van der Waals surface area contributed by atoms with Gasteiger partial charge in [-0.25, -0.2) is 41.3 Å². The van der Waals surface area contributed by atoms with E-state index >= 15 is 0 Å². The zero-order chi connectivity index (χ0) is 23.9. The number of alkyl halides is 6. The molecule has 1 aromatic heterocycles. The van der Waals surface area contributed by atoms with Crippen molar-refractivity contribution < 1.29 is 26.3 Å². The van der Waals surface area contributed by atoms with Crippen molar-refractivity contribution in [1.29, 1.82) is 0 Å². The van der Waals surface area contributed by atoms with Gasteiger partial charge in [-0.3, -0.25) is 5.73 Å². The topological polar surface area (TPSA) is 87.7 Å². The van der Waals surface area contributed by atoms with E-state index in [1.54, 1.807) is 0 Å². The molecule has 1 atom stereocenters. The van der Waals surface area contributed by atoms with Gasteiger partial charge in [-0.15, -0.1) is 0 Å². The SMILES string of the molecule is NC1(C2CCC(F)(F)CC2)N=C(c2cccc(C(F)F)n2)NC(=NC2CCC(F)(F)CC2)N1. The van der Waals surface area contributed by atoms with Gasteiger partial charge in [0.15, 0.2) is 17.6 Å². The van der Waals surface area contributed by atoms with E-state index in [2.05, 4.69) is 25.6 Å². The molecule has 33 heavy (non-hydrogen) atoms. The molecule has 12 heteroatoms. The van der Waals surface area contributed by atoms with Crippen molar-refractivity contribution in [2.45, 2.75) is 81.5 Å². The van der Waals surface area contributed by atoms with Crippen molar-refractivity contribution >= 4 is 11.8 Å². The molecule has 0 bridgehead atoms. The predicted octanol–water partition coefficient (Wildman–Crippen LogP) is 4.33. The summed E-state index contributed by atoms with van der Waals surface area (Å²) in [7, 11) is 0. The van der Waals surface area contributed by atoms with Crippen LogP contribution in [0.2, 0.25) is 0 Å². The highest BCUT2D eigenvalue weighted by molar-refractivity contribution is 6.09. The van der Waals surface area contributed by atoms with E-state index in [4.69, 9.17) is 5.73 Å². The summed E-state index contributed by atoms with van der Waals surface area (Å²) in [6.45, 7) is 0. The Morgan fingerprint density at radius 2 is 1.58 bits per heavy atom. The van der Waals surface area contributed by atoms with Crippen LogP contribution in [0, 0.1) is 5.92 Å². The quantitative estimate of drug-likeness (QED) is 0.565. The third-order valence-corrected chi connectivity index (χ3v) is 6.43. The van der Waals surface area contributed by atoms with E-state index in [0.717, 1.165) is 0 Å². The summed E-state index contributed by atoms with van der Waals surface area (Å²) < 4.78 is 80.8. The summed E-state index contributed by atoms with van der Waals surface area (Å²) in [5.41, 5.74) is 6.16. The lowest BCUT2D eigenvalue weighted by molar-refractivity contribution is -0.0554.